The molecule has 1 aromatic carbocycles. The molecule has 0 bridgehead atoms. The quantitative estimate of drug-likeness (QED) is 0.752. The molecule has 0 N–H and O–H groups in total. The zero-order chi connectivity index (χ0) is 13.7. The van der Waals surface area contributed by atoms with E-state index in [1.807, 2.05) is 36.4 Å². The SMILES string of the molecule is CC(=O)N1CCN(C(=O)/C=C/c2ccccc2)CC1. The highest BCUT2D eigenvalue weighted by atomic mass is 16.2. The number of carbonyl (C=O) groups is 2. The maximum absolute atomic E-state index is 12.0. The van der Waals surface area contributed by atoms with E-state index in [9.17, 15) is 9.59 Å². The smallest absolute Gasteiger partial charge is 0.246 e. The Bertz CT molecular complexity index is 474. The minimum atomic E-state index is 0.00653. The van der Waals surface area contributed by atoms with Crippen molar-refractivity contribution in [3.05, 3.63) is 42.0 Å². The normalized spacial score (nSPS) is 15.8. The van der Waals surface area contributed by atoms with Gasteiger partial charge in [0.2, 0.25) is 11.8 Å². The number of carbonyl (C=O) groups excluding carboxylic acids is 2. The fourth-order valence-corrected chi connectivity index (χ4v) is 2.08. The first-order valence-electron chi connectivity index (χ1n) is 6.44. The molecule has 0 aliphatic carbocycles. The van der Waals surface area contributed by atoms with E-state index in [1.165, 1.54) is 0 Å². The van der Waals surface area contributed by atoms with E-state index in [4.69, 9.17) is 0 Å². The third kappa shape index (κ3) is 3.68. The molecule has 1 heterocycles. The molecule has 19 heavy (non-hydrogen) atoms. The molecule has 2 rings (SSSR count). The van der Waals surface area contributed by atoms with Crippen LogP contribution < -0.4 is 0 Å². The van der Waals surface area contributed by atoms with Gasteiger partial charge in [-0.1, -0.05) is 30.3 Å². The zero-order valence-corrected chi connectivity index (χ0v) is 11.1. The Morgan fingerprint density at radius 3 is 2.16 bits per heavy atom. The molecule has 0 radical (unpaired) electrons. The summed E-state index contributed by atoms with van der Waals surface area (Å²) >= 11 is 0. The number of amides is 2. The molecule has 4 heteroatoms. The van der Waals surface area contributed by atoms with Crippen molar-refractivity contribution in [2.75, 3.05) is 26.2 Å². The van der Waals surface area contributed by atoms with Crippen molar-refractivity contribution in [1.29, 1.82) is 0 Å². The standard InChI is InChI=1S/C15H18N2O2/c1-13(18)16-9-11-17(12-10-16)15(19)8-7-14-5-3-2-4-6-14/h2-8H,9-12H2,1H3/b8-7+. The summed E-state index contributed by atoms with van der Waals surface area (Å²) in [5.74, 6) is 0.0824. The molecule has 1 aliphatic heterocycles. The summed E-state index contributed by atoms with van der Waals surface area (Å²) in [4.78, 5) is 26.7. The molecule has 1 saturated heterocycles. The van der Waals surface area contributed by atoms with Crippen LogP contribution in [0.4, 0.5) is 0 Å². The molecular weight excluding hydrogens is 240 g/mol. The molecule has 4 nitrogen and oxygen atoms in total. The Balaban J connectivity index is 1.88. The molecule has 0 atom stereocenters. The number of piperazine rings is 1. The van der Waals surface area contributed by atoms with Gasteiger partial charge in [-0.05, 0) is 11.6 Å². The Hall–Kier alpha value is -2.10. The van der Waals surface area contributed by atoms with Crippen LogP contribution in [-0.2, 0) is 9.59 Å². The number of rotatable bonds is 2. The van der Waals surface area contributed by atoms with Gasteiger partial charge in [-0.3, -0.25) is 9.59 Å². The van der Waals surface area contributed by atoms with E-state index in [2.05, 4.69) is 0 Å². The molecule has 0 unspecified atom stereocenters. The van der Waals surface area contributed by atoms with Crippen molar-refractivity contribution in [2.45, 2.75) is 6.92 Å². The summed E-state index contributed by atoms with van der Waals surface area (Å²) in [7, 11) is 0. The second-order valence-corrected chi connectivity index (χ2v) is 4.58. The van der Waals surface area contributed by atoms with Crippen LogP contribution in [-0.4, -0.2) is 47.8 Å². The van der Waals surface area contributed by atoms with E-state index in [1.54, 1.807) is 22.8 Å². The van der Waals surface area contributed by atoms with Gasteiger partial charge in [0.15, 0.2) is 0 Å². The van der Waals surface area contributed by atoms with Gasteiger partial charge in [0.25, 0.3) is 0 Å². The van der Waals surface area contributed by atoms with Gasteiger partial charge in [-0.25, -0.2) is 0 Å². The Kier molecular flexibility index (Phi) is 4.34. The third-order valence-electron chi connectivity index (χ3n) is 3.25. The summed E-state index contributed by atoms with van der Waals surface area (Å²) in [6.07, 6.45) is 3.42. The van der Waals surface area contributed by atoms with E-state index in [-0.39, 0.29) is 11.8 Å². The fourth-order valence-electron chi connectivity index (χ4n) is 2.08. The van der Waals surface area contributed by atoms with Gasteiger partial charge in [-0.2, -0.15) is 0 Å². The van der Waals surface area contributed by atoms with E-state index in [0.717, 1.165) is 5.56 Å². The van der Waals surface area contributed by atoms with Crippen molar-refractivity contribution in [1.82, 2.24) is 9.80 Å². The van der Waals surface area contributed by atoms with Gasteiger partial charge in [0.05, 0.1) is 0 Å². The number of hydrogen-bond donors (Lipinski definition) is 0. The van der Waals surface area contributed by atoms with Gasteiger partial charge < -0.3 is 9.80 Å². The summed E-state index contributed by atoms with van der Waals surface area (Å²) in [5.41, 5.74) is 1.01. The average molecular weight is 258 g/mol. The highest BCUT2D eigenvalue weighted by Gasteiger charge is 2.20. The minimum absolute atomic E-state index is 0.00653. The van der Waals surface area contributed by atoms with Gasteiger partial charge in [-0.15, -0.1) is 0 Å². The van der Waals surface area contributed by atoms with Crippen LogP contribution in [0.3, 0.4) is 0 Å². The van der Waals surface area contributed by atoms with Crippen molar-refractivity contribution in [2.24, 2.45) is 0 Å². The molecule has 1 aliphatic rings. The molecule has 1 aromatic rings. The molecular formula is C15H18N2O2. The Morgan fingerprint density at radius 1 is 1.00 bits per heavy atom. The van der Waals surface area contributed by atoms with Crippen LogP contribution in [0.1, 0.15) is 12.5 Å². The number of nitrogens with zero attached hydrogens (tertiary/aromatic N) is 2. The van der Waals surface area contributed by atoms with Crippen molar-refractivity contribution >= 4 is 17.9 Å². The number of hydrogen-bond acceptors (Lipinski definition) is 2. The number of benzene rings is 1. The Labute approximate surface area is 113 Å². The van der Waals surface area contributed by atoms with E-state index < -0.39 is 0 Å². The molecule has 100 valence electrons. The highest BCUT2D eigenvalue weighted by molar-refractivity contribution is 5.92. The van der Waals surface area contributed by atoms with Gasteiger partial charge >= 0.3 is 0 Å². The van der Waals surface area contributed by atoms with E-state index in [0.29, 0.717) is 26.2 Å². The first kappa shape index (κ1) is 13.3. The Morgan fingerprint density at radius 2 is 1.58 bits per heavy atom. The van der Waals surface area contributed by atoms with Crippen LogP contribution in [0.5, 0.6) is 0 Å². The first-order chi connectivity index (χ1) is 9.16. The van der Waals surface area contributed by atoms with Crippen LogP contribution >= 0.6 is 0 Å². The van der Waals surface area contributed by atoms with Crippen molar-refractivity contribution in [3.8, 4) is 0 Å². The van der Waals surface area contributed by atoms with Crippen LogP contribution in [0.25, 0.3) is 6.08 Å². The largest absolute Gasteiger partial charge is 0.339 e. The predicted molar refractivity (Wildman–Crippen MR) is 74.3 cm³/mol. The maximum Gasteiger partial charge on any atom is 0.246 e. The summed E-state index contributed by atoms with van der Waals surface area (Å²) in [6, 6.07) is 9.74. The van der Waals surface area contributed by atoms with Crippen LogP contribution in [0.2, 0.25) is 0 Å². The summed E-state index contributed by atoms with van der Waals surface area (Å²) in [6.45, 7) is 4.03. The first-order valence-corrected chi connectivity index (χ1v) is 6.44. The van der Waals surface area contributed by atoms with Gasteiger partial charge in [0, 0.05) is 39.2 Å². The lowest BCUT2D eigenvalue weighted by molar-refractivity contribution is -0.135. The lowest BCUT2D eigenvalue weighted by Crippen LogP contribution is -2.49. The second-order valence-electron chi connectivity index (χ2n) is 4.58. The molecule has 2 amide bonds. The van der Waals surface area contributed by atoms with Crippen LogP contribution in [0, 0.1) is 0 Å². The summed E-state index contributed by atoms with van der Waals surface area (Å²) < 4.78 is 0. The zero-order valence-electron chi connectivity index (χ0n) is 11.1. The van der Waals surface area contributed by atoms with Crippen molar-refractivity contribution in [3.63, 3.8) is 0 Å². The second kappa shape index (κ2) is 6.18. The fraction of sp³-hybridized carbons (Fsp3) is 0.333. The molecule has 0 saturated carbocycles. The monoisotopic (exact) mass is 258 g/mol. The topological polar surface area (TPSA) is 40.6 Å². The van der Waals surface area contributed by atoms with Gasteiger partial charge in [0.1, 0.15) is 0 Å². The average Bonchev–Trinajstić information content (AvgIpc) is 2.46. The summed E-state index contributed by atoms with van der Waals surface area (Å²) in [5, 5.41) is 0. The molecule has 0 spiro atoms. The third-order valence-corrected chi connectivity index (χ3v) is 3.25. The lowest BCUT2D eigenvalue weighted by Gasteiger charge is -2.33. The minimum Gasteiger partial charge on any atom is -0.339 e. The van der Waals surface area contributed by atoms with Crippen molar-refractivity contribution < 1.29 is 9.59 Å². The molecule has 0 aromatic heterocycles. The van der Waals surface area contributed by atoms with E-state index >= 15 is 0 Å². The highest BCUT2D eigenvalue weighted by Crippen LogP contribution is 2.05. The lowest BCUT2D eigenvalue weighted by atomic mass is 10.2. The predicted octanol–water partition coefficient (Wildman–Crippen LogP) is 1.39. The maximum atomic E-state index is 12.0. The molecule has 1 fully saturated rings. The van der Waals surface area contributed by atoms with Crippen LogP contribution in [0.15, 0.2) is 36.4 Å².